The highest BCUT2D eigenvalue weighted by Crippen LogP contribution is 2.25. The van der Waals surface area contributed by atoms with Crippen LogP contribution in [0.25, 0.3) is 0 Å². The highest BCUT2D eigenvalue weighted by molar-refractivity contribution is 9.10. The van der Waals surface area contributed by atoms with Crippen molar-refractivity contribution in [3.8, 4) is 0 Å². The van der Waals surface area contributed by atoms with Crippen molar-refractivity contribution in [2.24, 2.45) is 0 Å². The first kappa shape index (κ1) is 14.2. The van der Waals surface area contributed by atoms with Gasteiger partial charge in [0.15, 0.2) is 0 Å². The van der Waals surface area contributed by atoms with E-state index in [2.05, 4.69) is 15.9 Å². The molecule has 0 saturated carbocycles. The van der Waals surface area contributed by atoms with Gasteiger partial charge in [0.1, 0.15) is 5.82 Å². The van der Waals surface area contributed by atoms with Crippen molar-refractivity contribution in [1.82, 2.24) is 0 Å². The van der Waals surface area contributed by atoms with Gasteiger partial charge in [-0.15, -0.1) is 0 Å². The first-order valence-electron chi connectivity index (χ1n) is 6.16. The lowest BCUT2D eigenvalue weighted by atomic mass is 9.96. The van der Waals surface area contributed by atoms with E-state index < -0.39 is 6.10 Å². The Kier molecular flexibility index (Phi) is 4.38. The topological polar surface area (TPSA) is 20.2 Å². The van der Waals surface area contributed by atoms with E-state index >= 15 is 0 Å². The number of aliphatic hydroxyl groups is 1. The van der Waals surface area contributed by atoms with Crippen molar-refractivity contribution in [2.75, 3.05) is 0 Å². The van der Waals surface area contributed by atoms with Crippen LogP contribution in [0.15, 0.2) is 40.9 Å². The molecule has 0 saturated heterocycles. The number of aryl methyl sites for hydroxylation is 2. The van der Waals surface area contributed by atoms with Crippen molar-refractivity contribution in [3.05, 3.63) is 68.9 Å². The molecule has 0 aliphatic rings. The molecule has 3 heteroatoms. The molecule has 19 heavy (non-hydrogen) atoms. The van der Waals surface area contributed by atoms with Crippen LogP contribution in [-0.2, 0) is 6.42 Å². The number of aliphatic hydroxyl groups excluding tert-OH is 1. The second kappa shape index (κ2) is 5.85. The minimum Gasteiger partial charge on any atom is -0.388 e. The molecule has 0 aliphatic carbocycles. The van der Waals surface area contributed by atoms with Gasteiger partial charge in [0, 0.05) is 10.9 Å². The average Bonchev–Trinajstić information content (AvgIpc) is 2.33. The maximum Gasteiger partial charge on any atom is 0.126 e. The predicted octanol–water partition coefficient (Wildman–Crippen LogP) is 4.48. The van der Waals surface area contributed by atoms with Gasteiger partial charge < -0.3 is 5.11 Å². The molecule has 0 radical (unpaired) electrons. The first-order valence-corrected chi connectivity index (χ1v) is 6.96. The number of hydrogen-bond acceptors (Lipinski definition) is 1. The van der Waals surface area contributed by atoms with Crippen LogP contribution in [-0.4, -0.2) is 5.11 Å². The highest BCUT2D eigenvalue weighted by atomic mass is 79.9. The van der Waals surface area contributed by atoms with Crippen LogP contribution in [0.1, 0.15) is 28.4 Å². The molecule has 1 nitrogen and oxygen atoms in total. The molecule has 2 aromatic rings. The van der Waals surface area contributed by atoms with E-state index in [0.29, 0.717) is 5.56 Å². The van der Waals surface area contributed by atoms with E-state index in [0.717, 1.165) is 21.2 Å². The zero-order chi connectivity index (χ0) is 14.0. The molecule has 0 aromatic heterocycles. The predicted molar refractivity (Wildman–Crippen MR) is 78.7 cm³/mol. The van der Waals surface area contributed by atoms with Gasteiger partial charge in [-0.05, 0) is 48.7 Å². The minimum absolute atomic E-state index is 0.273. The molecule has 0 bridgehead atoms. The van der Waals surface area contributed by atoms with Crippen molar-refractivity contribution in [3.63, 3.8) is 0 Å². The zero-order valence-electron chi connectivity index (χ0n) is 11.0. The Morgan fingerprint density at radius 1 is 1.16 bits per heavy atom. The fraction of sp³-hybridized carbons (Fsp3) is 0.250. The van der Waals surface area contributed by atoms with E-state index in [1.165, 1.54) is 6.07 Å². The summed E-state index contributed by atoms with van der Waals surface area (Å²) in [5, 5.41) is 10.3. The summed E-state index contributed by atoms with van der Waals surface area (Å²) >= 11 is 3.32. The van der Waals surface area contributed by atoms with Crippen LogP contribution in [0.3, 0.4) is 0 Å². The van der Waals surface area contributed by atoms with Crippen LogP contribution in [0.5, 0.6) is 0 Å². The van der Waals surface area contributed by atoms with Crippen molar-refractivity contribution >= 4 is 15.9 Å². The molecule has 0 fully saturated rings. The van der Waals surface area contributed by atoms with Crippen molar-refractivity contribution in [1.29, 1.82) is 0 Å². The van der Waals surface area contributed by atoms with Gasteiger partial charge in [0.2, 0.25) is 0 Å². The zero-order valence-corrected chi connectivity index (χ0v) is 12.5. The molecule has 1 unspecified atom stereocenters. The molecule has 2 aromatic carbocycles. The largest absolute Gasteiger partial charge is 0.388 e. The lowest BCUT2D eigenvalue weighted by Crippen LogP contribution is -2.05. The SMILES string of the molecule is Cc1ccc(C(O)Cc2cc(Br)ccc2F)c(C)c1. The van der Waals surface area contributed by atoms with Gasteiger partial charge in [0.05, 0.1) is 6.10 Å². The summed E-state index contributed by atoms with van der Waals surface area (Å²) in [7, 11) is 0. The molecule has 0 spiro atoms. The van der Waals surface area contributed by atoms with E-state index in [9.17, 15) is 9.50 Å². The Labute approximate surface area is 121 Å². The van der Waals surface area contributed by atoms with Gasteiger partial charge in [-0.25, -0.2) is 4.39 Å². The van der Waals surface area contributed by atoms with Crippen LogP contribution in [0, 0.1) is 19.7 Å². The fourth-order valence-corrected chi connectivity index (χ4v) is 2.63. The van der Waals surface area contributed by atoms with E-state index in [1.54, 1.807) is 12.1 Å². The summed E-state index contributed by atoms with van der Waals surface area (Å²) in [5.41, 5.74) is 3.55. The van der Waals surface area contributed by atoms with E-state index in [4.69, 9.17) is 0 Å². The van der Waals surface area contributed by atoms with Crippen LogP contribution >= 0.6 is 15.9 Å². The summed E-state index contributed by atoms with van der Waals surface area (Å²) in [5.74, 6) is -0.285. The average molecular weight is 323 g/mol. The van der Waals surface area contributed by atoms with E-state index in [1.807, 2.05) is 32.0 Å². The summed E-state index contributed by atoms with van der Waals surface area (Å²) in [4.78, 5) is 0. The molecule has 2 rings (SSSR count). The Morgan fingerprint density at radius 2 is 1.89 bits per heavy atom. The summed E-state index contributed by atoms with van der Waals surface area (Å²) in [6, 6.07) is 10.7. The van der Waals surface area contributed by atoms with Crippen molar-refractivity contribution in [2.45, 2.75) is 26.4 Å². The third-order valence-corrected chi connectivity index (χ3v) is 3.70. The molecule has 0 amide bonds. The number of hydrogen-bond donors (Lipinski definition) is 1. The second-order valence-electron chi connectivity index (χ2n) is 4.82. The van der Waals surface area contributed by atoms with Crippen LogP contribution in [0.2, 0.25) is 0 Å². The number of halogens is 2. The van der Waals surface area contributed by atoms with Crippen LogP contribution < -0.4 is 0 Å². The highest BCUT2D eigenvalue weighted by Gasteiger charge is 2.14. The third kappa shape index (κ3) is 3.43. The quantitative estimate of drug-likeness (QED) is 0.883. The number of benzene rings is 2. The van der Waals surface area contributed by atoms with Crippen molar-refractivity contribution < 1.29 is 9.50 Å². The van der Waals surface area contributed by atoms with Gasteiger partial charge in [0.25, 0.3) is 0 Å². The lowest BCUT2D eigenvalue weighted by molar-refractivity contribution is 0.176. The van der Waals surface area contributed by atoms with Gasteiger partial charge in [-0.2, -0.15) is 0 Å². The first-order chi connectivity index (χ1) is 8.97. The smallest absolute Gasteiger partial charge is 0.126 e. The molecular formula is C16H16BrFO. The molecule has 0 aliphatic heterocycles. The molecule has 1 atom stereocenters. The Hall–Kier alpha value is -1.19. The third-order valence-electron chi connectivity index (χ3n) is 3.21. The summed E-state index contributed by atoms with van der Waals surface area (Å²) in [6.45, 7) is 3.97. The monoisotopic (exact) mass is 322 g/mol. The lowest BCUT2D eigenvalue weighted by Gasteiger charge is -2.15. The summed E-state index contributed by atoms with van der Waals surface area (Å²) in [6.07, 6.45) is -0.417. The maximum atomic E-state index is 13.7. The molecule has 0 heterocycles. The molecule has 1 N–H and O–H groups in total. The summed E-state index contributed by atoms with van der Waals surface area (Å²) < 4.78 is 14.5. The molecular weight excluding hydrogens is 307 g/mol. The Balaban J connectivity index is 2.25. The Bertz CT molecular complexity index is 595. The number of rotatable bonds is 3. The van der Waals surface area contributed by atoms with E-state index in [-0.39, 0.29) is 12.2 Å². The fourth-order valence-electron chi connectivity index (χ4n) is 2.22. The standard InChI is InChI=1S/C16H16BrFO/c1-10-3-5-14(11(2)7-10)16(19)9-12-8-13(17)4-6-15(12)18/h3-8,16,19H,9H2,1-2H3. The van der Waals surface area contributed by atoms with Crippen LogP contribution in [0.4, 0.5) is 4.39 Å². The Morgan fingerprint density at radius 3 is 2.58 bits per heavy atom. The molecule has 100 valence electrons. The normalized spacial score (nSPS) is 12.5. The van der Waals surface area contributed by atoms with Gasteiger partial charge in [-0.1, -0.05) is 39.7 Å². The minimum atomic E-state index is -0.690. The second-order valence-corrected chi connectivity index (χ2v) is 5.73. The maximum absolute atomic E-state index is 13.7. The van der Waals surface area contributed by atoms with Gasteiger partial charge in [-0.3, -0.25) is 0 Å². The van der Waals surface area contributed by atoms with Gasteiger partial charge >= 0.3 is 0 Å².